The van der Waals surface area contributed by atoms with Gasteiger partial charge in [-0.1, -0.05) is 13.3 Å². The Morgan fingerprint density at radius 3 is 2.71 bits per heavy atom. The second kappa shape index (κ2) is 4.75. The average Bonchev–Trinajstić information content (AvgIpc) is 2.37. The average molecular weight is 288 g/mol. The third-order valence-electron chi connectivity index (χ3n) is 5.31. The number of phenolic OH excluding ortho intramolecular Hbond substituents is 1. The lowest BCUT2D eigenvalue weighted by atomic mass is 9.64. The highest BCUT2D eigenvalue weighted by molar-refractivity contribution is 5.97. The molecule has 2 aliphatic rings. The van der Waals surface area contributed by atoms with Crippen LogP contribution in [0, 0.1) is 11.8 Å². The molecule has 3 atom stereocenters. The number of ether oxygens (including phenoxy) is 1. The van der Waals surface area contributed by atoms with Gasteiger partial charge < -0.3 is 9.84 Å². The fraction of sp³-hybridized carbons (Fsp3) is 0.611. The summed E-state index contributed by atoms with van der Waals surface area (Å²) in [6, 6.07) is 3.53. The molecule has 0 saturated heterocycles. The van der Waals surface area contributed by atoms with Gasteiger partial charge in [-0.25, -0.2) is 0 Å². The first-order valence-electron chi connectivity index (χ1n) is 7.87. The number of hydrogen-bond donors (Lipinski definition) is 1. The first-order valence-corrected chi connectivity index (χ1v) is 7.87. The second-order valence-electron chi connectivity index (χ2n) is 7.27. The Kier molecular flexibility index (Phi) is 3.27. The van der Waals surface area contributed by atoms with Crippen LogP contribution in [0.25, 0.3) is 0 Å². The van der Waals surface area contributed by atoms with Gasteiger partial charge in [-0.15, -0.1) is 0 Å². The van der Waals surface area contributed by atoms with E-state index in [0.717, 1.165) is 24.2 Å². The summed E-state index contributed by atoms with van der Waals surface area (Å²) in [5.74, 6) is 2.12. The molecule has 0 spiro atoms. The quantitative estimate of drug-likeness (QED) is 0.784. The molecule has 114 valence electrons. The van der Waals surface area contributed by atoms with Crippen LogP contribution in [-0.4, -0.2) is 16.5 Å². The van der Waals surface area contributed by atoms with Crippen molar-refractivity contribution in [1.29, 1.82) is 0 Å². The maximum Gasteiger partial charge on any atom is 0.163 e. The molecule has 1 fully saturated rings. The van der Waals surface area contributed by atoms with Gasteiger partial charge in [-0.05, 0) is 57.6 Å². The maximum absolute atomic E-state index is 11.7. The number of hydrogen-bond acceptors (Lipinski definition) is 3. The minimum absolute atomic E-state index is 0.0967. The standard InChI is InChI=1S/C18H24O3/c1-10-5-7-14-13(9-10)16-15(21-18(14,3)4)8-6-12(11(2)19)17(16)20/h6,8,10,13-14,20H,5,7,9H2,1-4H3/t10-,13?,14+/m0/s1. The Morgan fingerprint density at radius 2 is 2.05 bits per heavy atom. The fourth-order valence-electron chi connectivity index (χ4n) is 4.21. The molecule has 0 radical (unpaired) electrons. The fourth-order valence-corrected chi connectivity index (χ4v) is 4.21. The molecule has 3 nitrogen and oxygen atoms in total. The number of fused-ring (bicyclic) bond motifs is 3. The number of ketones is 1. The lowest BCUT2D eigenvalue weighted by molar-refractivity contribution is -0.0145. The first kappa shape index (κ1) is 14.4. The van der Waals surface area contributed by atoms with Gasteiger partial charge in [-0.2, -0.15) is 0 Å². The zero-order valence-electron chi connectivity index (χ0n) is 13.3. The molecule has 1 aromatic carbocycles. The Morgan fingerprint density at radius 1 is 1.33 bits per heavy atom. The summed E-state index contributed by atoms with van der Waals surface area (Å²) in [7, 11) is 0. The topological polar surface area (TPSA) is 46.5 Å². The summed E-state index contributed by atoms with van der Waals surface area (Å²) in [4.78, 5) is 11.7. The van der Waals surface area contributed by atoms with Crippen molar-refractivity contribution >= 4 is 5.78 Å². The van der Waals surface area contributed by atoms with E-state index in [4.69, 9.17) is 4.74 Å². The van der Waals surface area contributed by atoms with Gasteiger partial charge in [0.1, 0.15) is 17.1 Å². The van der Waals surface area contributed by atoms with Crippen molar-refractivity contribution in [1.82, 2.24) is 0 Å². The Hall–Kier alpha value is -1.51. The molecule has 1 aromatic rings. The molecule has 1 heterocycles. The molecule has 1 saturated carbocycles. The van der Waals surface area contributed by atoms with Crippen molar-refractivity contribution < 1.29 is 14.6 Å². The van der Waals surface area contributed by atoms with Crippen LogP contribution in [0.2, 0.25) is 0 Å². The van der Waals surface area contributed by atoms with E-state index in [9.17, 15) is 9.90 Å². The minimum atomic E-state index is -0.220. The van der Waals surface area contributed by atoms with Crippen LogP contribution in [0.15, 0.2) is 12.1 Å². The lowest BCUT2D eigenvalue weighted by Crippen LogP contribution is -2.46. The molecule has 1 unspecified atom stereocenters. The number of Topliss-reactive ketones (excluding diaryl/α,β-unsaturated/α-hetero) is 1. The SMILES string of the molecule is CC(=O)c1ccc2c(c1O)C1C[C@@H](C)CC[C@H]1C(C)(C)O2. The third kappa shape index (κ3) is 2.23. The largest absolute Gasteiger partial charge is 0.507 e. The Bertz CT molecular complexity index is 588. The van der Waals surface area contributed by atoms with E-state index in [1.54, 1.807) is 6.07 Å². The molecule has 1 N–H and O–H groups in total. The van der Waals surface area contributed by atoms with E-state index in [2.05, 4.69) is 20.8 Å². The van der Waals surface area contributed by atoms with E-state index >= 15 is 0 Å². The Balaban J connectivity index is 2.16. The summed E-state index contributed by atoms with van der Waals surface area (Å²) >= 11 is 0. The van der Waals surface area contributed by atoms with Crippen LogP contribution >= 0.6 is 0 Å². The summed E-state index contributed by atoms with van der Waals surface area (Å²) in [5.41, 5.74) is 1.05. The van der Waals surface area contributed by atoms with Gasteiger partial charge in [-0.3, -0.25) is 4.79 Å². The Labute approximate surface area is 126 Å². The van der Waals surface area contributed by atoms with Gasteiger partial charge in [0.05, 0.1) is 5.56 Å². The molecule has 1 aliphatic heterocycles. The highest BCUT2D eigenvalue weighted by Crippen LogP contribution is 2.55. The highest BCUT2D eigenvalue weighted by Gasteiger charge is 2.47. The van der Waals surface area contributed by atoms with E-state index in [-0.39, 0.29) is 23.1 Å². The van der Waals surface area contributed by atoms with Crippen molar-refractivity contribution in [3.05, 3.63) is 23.3 Å². The van der Waals surface area contributed by atoms with E-state index < -0.39 is 0 Å². The number of phenols is 1. The van der Waals surface area contributed by atoms with Crippen LogP contribution in [-0.2, 0) is 0 Å². The summed E-state index contributed by atoms with van der Waals surface area (Å²) in [6.45, 7) is 8.04. The van der Waals surface area contributed by atoms with Crippen LogP contribution in [0.3, 0.4) is 0 Å². The monoisotopic (exact) mass is 288 g/mol. The van der Waals surface area contributed by atoms with Crippen LogP contribution in [0.4, 0.5) is 0 Å². The highest BCUT2D eigenvalue weighted by atomic mass is 16.5. The zero-order valence-corrected chi connectivity index (χ0v) is 13.3. The number of benzene rings is 1. The summed E-state index contributed by atoms with van der Waals surface area (Å²) in [5, 5.41) is 10.6. The molecule has 21 heavy (non-hydrogen) atoms. The predicted molar refractivity (Wildman–Crippen MR) is 82.1 cm³/mol. The van der Waals surface area contributed by atoms with E-state index in [1.807, 2.05) is 6.07 Å². The predicted octanol–water partition coefficient (Wildman–Crippen LogP) is 4.29. The van der Waals surface area contributed by atoms with Crippen molar-refractivity contribution in [2.24, 2.45) is 11.8 Å². The molecule has 3 rings (SSSR count). The van der Waals surface area contributed by atoms with Crippen molar-refractivity contribution in [3.63, 3.8) is 0 Å². The van der Waals surface area contributed by atoms with E-state index in [1.165, 1.54) is 13.3 Å². The zero-order chi connectivity index (χ0) is 15.4. The van der Waals surface area contributed by atoms with Crippen LogP contribution in [0.5, 0.6) is 11.5 Å². The number of aromatic hydroxyl groups is 1. The molecular weight excluding hydrogens is 264 g/mol. The van der Waals surface area contributed by atoms with Crippen molar-refractivity contribution in [3.8, 4) is 11.5 Å². The second-order valence-corrected chi connectivity index (χ2v) is 7.27. The number of carbonyl (C=O) groups excluding carboxylic acids is 1. The first-order chi connectivity index (χ1) is 9.81. The van der Waals surface area contributed by atoms with Crippen molar-refractivity contribution in [2.45, 2.75) is 58.5 Å². The maximum atomic E-state index is 11.7. The van der Waals surface area contributed by atoms with Crippen LogP contribution < -0.4 is 4.74 Å². The van der Waals surface area contributed by atoms with Gasteiger partial charge in [0.2, 0.25) is 0 Å². The smallest absolute Gasteiger partial charge is 0.163 e. The van der Waals surface area contributed by atoms with Gasteiger partial charge in [0.15, 0.2) is 5.78 Å². The van der Waals surface area contributed by atoms with Crippen molar-refractivity contribution in [2.75, 3.05) is 0 Å². The lowest BCUT2D eigenvalue weighted by Gasteiger charge is -2.48. The van der Waals surface area contributed by atoms with Gasteiger partial charge in [0, 0.05) is 11.5 Å². The molecule has 0 amide bonds. The number of carbonyl (C=O) groups is 1. The molecule has 0 aromatic heterocycles. The minimum Gasteiger partial charge on any atom is -0.507 e. The summed E-state index contributed by atoms with van der Waals surface area (Å²) in [6.07, 6.45) is 3.37. The van der Waals surface area contributed by atoms with E-state index in [0.29, 0.717) is 17.4 Å². The molecule has 1 aliphatic carbocycles. The van der Waals surface area contributed by atoms with Crippen LogP contribution in [0.1, 0.15) is 68.8 Å². The molecule has 0 bridgehead atoms. The third-order valence-corrected chi connectivity index (χ3v) is 5.31. The van der Waals surface area contributed by atoms with Gasteiger partial charge in [0.25, 0.3) is 0 Å². The number of rotatable bonds is 1. The normalized spacial score (nSPS) is 30.0. The van der Waals surface area contributed by atoms with Gasteiger partial charge >= 0.3 is 0 Å². The summed E-state index contributed by atoms with van der Waals surface area (Å²) < 4.78 is 6.17. The molecular formula is C18H24O3. The molecule has 3 heteroatoms.